The first kappa shape index (κ1) is 13.9. The van der Waals surface area contributed by atoms with E-state index in [0.717, 1.165) is 23.7 Å². The van der Waals surface area contributed by atoms with Gasteiger partial charge in [-0.05, 0) is 25.0 Å². The molecule has 1 N–H and O–H groups in total. The molecule has 110 valence electrons. The van der Waals surface area contributed by atoms with Gasteiger partial charge < -0.3 is 5.32 Å². The molecule has 1 aliphatic rings. The molecule has 0 bridgehead atoms. The minimum atomic E-state index is -0.0298. The fourth-order valence-corrected chi connectivity index (χ4v) is 3.01. The summed E-state index contributed by atoms with van der Waals surface area (Å²) in [5.41, 5.74) is 0.902. The Morgan fingerprint density at radius 3 is 2.67 bits per heavy atom. The van der Waals surface area contributed by atoms with Crippen LogP contribution < -0.4 is 5.32 Å². The molecule has 1 amide bonds. The van der Waals surface area contributed by atoms with Crippen LogP contribution in [0.5, 0.6) is 0 Å². The molecule has 0 radical (unpaired) electrons. The molecule has 0 atom stereocenters. The van der Waals surface area contributed by atoms with Crippen LogP contribution in [0.3, 0.4) is 0 Å². The van der Waals surface area contributed by atoms with E-state index in [9.17, 15) is 9.59 Å². The summed E-state index contributed by atoms with van der Waals surface area (Å²) in [7, 11) is 0. The Morgan fingerprint density at radius 1 is 1.10 bits per heavy atom. The fourth-order valence-electron chi connectivity index (χ4n) is 3.01. The Bertz CT molecular complexity index is 654. The Kier molecular flexibility index (Phi) is 4.04. The molecule has 0 aliphatic heterocycles. The number of benzene rings is 1. The standard InChI is InChI=1S/C17H20N2O2/c20-16(18-14-6-2-3-7-14)9-10-17(21)19-12-11-13-5-1-4-8-15(13)19/h1,4-5,8,11-12,14H,2-3,6-7,9-10H2,(H,18,20). The predicted octanol–water partition coefficient (Wildman–Crippen LogP) is 3.12. The fraction of sp³-hybridized carbons (Fsp3) is 0.412. The quantitative estimate of drug-likeness (QED) is 0.937. The molecule has 1 saturated carbocycles. The van der Waals surface area contributed by atoms with Crippen molar-refractivity contribution < 1.29 is 9.59 Å². The zero-order chi connectivity index (χ0) is 14.7. The van der Waals surface area contributed by atoms with Gasteiger partial charge in [0.2, 0.25) is 11.8 Å². The lowest BCUT2D eigenvalue weighted by atomic mass is 10.2. The number of hydrogen-bond donors (Lipinski definition) is 1. The molecular formula is C17H20N2O2. The molecule has 1 aromatic carbocycles. The van der Waals surface area contributed by atoms with E-state index in [-0.39, 0.29) is 24.7 Å². The van der Waals surface area contributed by atoms with Crippen LogP contribution in [0.1, 0.15) is 43.3 Å². The van der Waals surface area contributed by atoms with Gasteiger partial charge in [-0.1, -0.05) is 31.0 Å². The van der Waals surface area contributed by atoms with Crippen molar-refractivity contribution in [2.75, 3.05) is 0 Å². The van der Waals surface area contributed by atoms with Gasteiger partial charge in [0.15, 0.2) is 0 Å². The minimum Gasteiger partial charge on any atom is -0.353 e. The maximum absolute atomic E-state index is 12.2. The molecule has 1 aliphatic carbocycles. The van der Waals surface area contributed by atoms with Crippen LogP contribution in [0, 0.1) is 0 Å². The van der Waals surface area contributed by atoms with Crippen molar-refractivity contribution in [2.45, 2.75) is 44.6 Å². The Morgan fingerprint density at radius 2 is 1.86 bits per heavy atom. The normalized spacial score (nSPS) is 15.4. The molecule has 2 aromatic rings. The summed E-state index contributed by atoms with van der Waals surface area (Å²) in [6, 6.07) is 10.0. The molecule has 4 heteroatoms. The highest BCUT2D eigenvalue weighted by Crippen LogP contribution is 2.18. The number of hydrogen-bond acceptors (Lipinski definition) is 2. The zero-order valence-electron chi connectivity index (χ0n) is 12.0. The lowest BCUT2D eigenvalue weighted by Gasteiger charge is -2.11. The number of para-hydroxylation sites is 1. The van der Waals surface area contributed by atoms with Crippen molar-refractivity contribution in [1.82, 2.24) is 9.88 Å². The van der Waals surface area contributed by atoms with Crippen LogP contribution in [0.25, 0.3) is 10.9 Å². The van der Waals surface area contributed by atoms with E-state index >= 15 is 0 Å². The van der Waals surface area contributed by atoms with Crippen molar-refractivity contribution in [3.05, 3.63) is 36.5 Å². The summed E-state index contributed by atoms with van der Waals surface area (Å²) in [5.74, 6) is -0.0375. The first-order valence-electron chi connectivity index (χ1n) is 7.63. The first-order valence-corrected chi connectivity index (χ1v) is 7.63. The van der Waals surface area contributed by atoms with E-state index in [0.29, 0.717) is 6.04 Å². The summed E-state index contributed by atoms with van der Waals surface area (Å²) >= 11 is 0. The SMILES string of the molecule is O=C(CCC(=O)n1ccc2ccccc21)NC1CCCC1. The van der Waals surface area contributed by atoms with Gasteiger partial charge in [0.1, 0.15) is 0 Å². The van der Waals surface area contributed by atoms with E-state index in [1.54, 1.807) is 10.8 Å². The van der Waals surface area contributed by atoms with E-state index < -0.39 is 0 Å². The van der Waals surface area contributed by atoms with Gasteiger partial charge in [0, 0.05) is 30.5 Å². The predicted molar refractivity (Wildman–Crippen MR) is 82.2 cm³/mol. The van der Waals surface area contributed by atoms with Gasteiger partial charge in [0.05, 0.1) is 5.52 Å². The van der Waals surface area contributed by atoms with Gasteiger partial charge in [0.25, 0.3) is 0 Å². The molecule has 1 heterocycles. The van der Waals surface area contributed by atoms with Crippen LogP contribution in [0.15, 0.2) is 36.5 Å². The third kappa shape index (κ3) is 3.15. The largest absolute Gasteiger partial charge is 0.353 e. The maximum Gasteiger partial charge on any atom is 0.231 e. The highest BCUT2D eigenvalue weighted by Gasteiger charge is 2.18. The average Bonchev–Trinajstić information content (AvgIpc) is 3.13. The van der Waals surface area contributed by atoms with E-state index in [1.165, 1.54) is 12.8 Å². The zero-order valence-corrected chi connectivity index (χ0v) is 12.0. The van der Waals surface area contributed by atoms with E-state index in [1.807, 2.05) is 30.3 Å². The van der Waals surface area contributed by atoms with E-state index in [2.05, 4.69) is 5.32 Å². The smallest absolute Gasteiger partial charge is 0.231 e. The van der Waals surface area contributed by atoms with Crippen molar-refractivity contribution in [3.63, 3.8) is 0 Å². The third-order valence-corrected chi connectivity index (χ3v) is 4.15. The Balaban J connectivity index is 1.57. The summed E-state index contributed by atoms with van der Waals surface area (Å²) in [6.45, 7) is 0. The highest BCUT2D eigenvalue weighted by molar-refractivity contribution is 5.93. The van der Waals surface area contributed by atoms with Crippen molar-refractivity contribution in [2.24, 2.45) is 0 Å². The second-order valence-corrected chi connectivity index (χ2v) is 5.69. The molecular weight excluding hydrogens is 264 g/mol. The van der Waals surface area contributed by atoms with Gasteiger partial charge in [-0.25, -0.2) is 0 Å². The second-order valence-electron chi connectivity index (χ2n) is 5.69. The summed E-state index contributed by atoms with van der Waals surface area (Å²) in [5, 5.41) is 4.06. The number of rotatable bonds is 4. The number of carbonyl (C=O) groups excluding carboxylic acids is 2. The average molecular weight is 284 g/mol. The van der Waals surface area contributed by atoms with Crippen LogP contribution in [-0.2, 0) is 4.79 Å². The Hall–Kier alpha value is -2.10. The molecule has 1 fully saturated rings. The minimum absolute atomic E-state index is 0.00767. The molecule has 0 saturated heterocycles. The molecule has 4 nitrogen and oxygen atoms in total. The molecule has 3 rings (SSSR count). The van der Waals surface area contributed by atoms with Gasteiger partial charge in [-0.2, -0.15) is 0 Å². The Labute approximate surface area is 124 Å². The summed E-state index contributed by atoms with van der Waals surface area (Å²) in [6.07, 6.45) is 6.82. The van der Waals surface area contributed by atoms with Crippen LogP contribution in [-0.4, -0.2) is 22.4 Å². The number of nitrogens with zero attached hydrogens (tertiary/aromatic N) is 1. The first-order chi connectivity index (χ1) is 10.2. The van der Waals surface area contributed by atoms with Crippen molar-refractivity contribution >= 4 is 22.7 Å². The number of amides is 1. The van der Waals surface area contributed by atoms with Crippen LogP contribution >= 0.6 is 0 Å². The molecule has 21 heavy (non-hydrogen) atoms. The van der Waals surface area contributed by atoms with Gasteiger partial charge >= 0.3 is 0 Å². The van der Waals surface area contributed by atoms with Crippen molar-refractivity contribution in [3.8, 4) is 0 Å². The lowest BCUT2D eigenvalue weighted by molar-refractivity contribution is -0.121. The third-order valence-electron chi connectivity index (χ3n) is 4.15. The molecule has 0 unspecified atom stereocenters. The number of aromatic nitrogens is 1. The second kappa shape index (κ2) is 6.12. The lowest BCUT2D eigenvalue weighted by Crippen LogP contribution is -2.32. The summed E-state index contributed by atoms with van der Waals surface area (Å²) in [4.78, 5) is 24.1. The highest BCUT2D eigenvalue weighted by atomic mass is 16.2. The maximum atomic E-state index is 12.2. The number of nitrogens with one attached hydrogen (secondary N) is 1. The van der Waals surface area contributed by atoms with Crippen LogP contribution in [0.4, 0.5) is 0 Å². The van der Waals surface area contributed by atoms with Gasteiger partial charge in [-0.15, -0.1) is 0 Å². The number of carbonyl (C=O) groups is 2. The van der Waals surface area contributed by atoms with Crippen molar-refractivity contribution in [1.29, 1.82) is 0 Å². The molecule has 1 aromatic heterocycles. The monoisotopic (exact) mass is 284 g/mol. The van der Waals surface area contributed by atoms with Crippen LogP contribution in [0.2, 0.25) is 0 Å². The molecule has 0 spiro atoms. The topological polar surface area (TPSA) is 51.1 Å². The number of fused-ring (bicyclic) bond motifs is 1. The van der Waals surface area contributed by atoms with E-state index in [4.69, 9.17) is 0 Å². The van der Waals surface area contributed by atoms with Gasteiger partial charge in [-0.3, -0.25) is 14.2 Å². The summed E-state index contributed by atoms with van der Waals surface area (Å²) < 4.78 is 1.64.